The number of carbonyl (C=O) groups excluding carboxylic acids is 1. The van der Waals surface area contributed by atoms with Crippen molar-refractivity contribution in [3.05, 3.63) is 63.1 Å². The second-order valence-electron chi connectivity index (χ2n) is 7.14. The van der Waals surface area contributed by atoms with Crippen LogP contribution in [0.15, 0.2) is 34.4 Å². The largest absolute Gasteiger partial charge is 0.355 e. The van der Waals surface area contributed by atoms with Gasteiger partial charge in [0, 0.05) is 30.1 Å². The Hall–Kier alpha value is -2.24. The third-order valence-electron chi connectivity index (χ3n) is 5.02. The van der Waals surface area contributed by atoms with Crippen LogP contribution in [0.25, 0.3) is 0 Å². The van der Waals surface area contributed by atoms with Crippen molar-refractivity contribution in [1.29, 1.82) is 0 Å². The van der Waals surface area contributed by atoms with E-state index in [4.69, 9.17) is 0 Å². The molecular formula is C19H20F3N5OS2. The number of nitrogens with one attached hydrogen (secondary N) is 2. The van der Waals surface area contributed by atoms with Crippen molar-refractivity contribution in [2.75, 3.05) is 26.7 Å². The molecule has 0 radical (unpaired) electrons. The van der Waals surface area contributed by atoms with Crippen molar-refractivity contribution in [2.45, 2.75) is 18.3 Å². The normalized spacial score (nSPS) is 19.5. The lowest BCUT2D eigenvalue weighted by Crippen LogP contribution is -2.32. The molecule has 2 aliphatic rings. The monoisotopic (exact) mass is 455 g/mol. The van der Waals surface area contributed by atoms with E-state index < -0.39 is 23.6 Å². The minimum atomic E-state index is -1.24. The van der Waals surface area contributed by atoms with Gasteiger partial charge in [0.15, 0.2) is 11.6 Å². The Labute approximate surface area is 180 Å². The quantitative estimate of drug-likeness (QED) is 0.534. The lowest BCUT2D eigenvalue weighted by atomic mass is 10.1. The van der Waals surface area contributed by atoms with E-state index in [9.17, 15) is 18.0 Å². The summed E-state index contributed by atoms with van der Waals surface area (Å²) in [6.45, 7) is 1.84. The highest BCUT2D eigenvalue weighted by Gasteiger charge is 2.38. The molecule has 30 heavy (non-hydrogen) atoms. The minimum absolute atomic E-state index is 0.0334. The molecule has 1 aromatic heterocycles. The fourth-order valence-corrected chi connectivity index (χ4v) is 4.88. The zero-order valence-corrected chi connectivity index (χ0v) is 17.8. The summed E-state index contributed by atoms with van der Waals surface area (Å²) in [6.07, 6.45) is 0.00243. The van der Waals surface area contributed by atoms with Gasteiger partial charge < -0.3 is 15.1 Å². The second kappa shape index (κ2) is 8.86. The van der Waals surface area contributed by atoms with Gasteiger partial charge in [-0.15, -0.1) is 11.3 Å². The predicted octanol–water partition coefficient (Wildman–Crippen LogP) is 2.98. The maximum absolute atomic E-state index is 14.5. The van der Waals surface area contributed by atoms with Gasteiger partial charge >= 0.3 is 0 Å². The van der Waals surface area contributed by atoms with Crippen molar-refractivity contribution in [2.24, 2.45) is 0 Å². The Morgan fingerprint density at radius 2 is 2.10 bits per heavy atom. The van der Waals surface area contributed by atoms with Crippen LogP contribution in [0.2, 0.25) is 0 Å². The van der Waals surface area contributed by atoms with Crippen LogP contribution in [0.5, 0.6) is 0 Å². The van der Waals surface area contributed by atoms with E-state index in [0.29, 0.717) is 36.3 Å². The average Bonchev–Trinajstić information content (AvgIpc) is 3.29. The van der Waals surface area contributed by atoms with Gasteiger partial charge in [-0.2, -0.15) is 0 Å². The van der Waals surface area contributed by atoms with E-state index in [1.807, 2.05) is 17.3 Å². The standard InChI is InChI=1S/C19H20F3N5OS2/c1-26-3-2-4-27-16(7-26)17(19(28)25-30-9-11-8-29-10-23-11)24-18(27)12-5-14(21)15(22)6-13(12)20/h5-6,8,10,18,24H,2-4,7,9H2,1H3,(H,25,28). The number of likely N-dealkylation sites (N-methyl/N-ethyl adjacent to an activating group) is 1. The van der Waals surface area contributed by atoms with Crippen LogP contribution < -0.4 is 10.0 Å². The van der Waals surface area contributed by atoms with Crippen LogP contribution in [0.4, 0.5) is 13.2 Å². The predicted molar refractivity (Wildman–Crippen MR) is 110 cm³/mol. The topological polar surface area (TPSA) is 60.5 Å². The number of nitrogens with zero attached hydrogens (tertiary/aromatic N) is 3. The average molecular weight is 456 g/mol. The summed E-state index contributed by atoms with van der Waals surface area (Å²) in [5.74, 6) is -3.06. The Kier molecular flexibility index (Phi) is 6.21. The van der Waals surface area contributed by atoms with Crippen molar-refractivity contribution in [3.63, 3.8) is 0 Å². The highest BCUT2D eigenvalue weighted by molar-refractivity contribution is 7.97. The molecule has 11 heteroatoms. The Morgan fingerprint density at radius 3 is 2.87 bits per heavy atom. The van der Waals surface area contributed by atoms with Gasteiger partial charge in [0.25, 0.3) is 5.91 Å². The van der Waals surface area contributed by atoms with Gasteiger partial charge in [0.2, 0.25) is 0 Å². The number of fused-ring (bicyclic) bond motifs is 1. The molecule has 4 rings (SSSR count). The molecule has 0 saturated carbocycles. The molecule has 0 spiro atoms. The summed E-state index contributed by atoms with van der Waals surface area (Å²) in [5, 5.41) is 4.94. The Balaban J connectivity index is 1.58. The summed E-state index contributed by atoms with van der Waals surface area (Å²) in [5.41, 5.74) is 3.56. The van der Waals surface area contributed by atoms with E-state index in [-0.39, 0.29) is 11.5 Å². The van der Waals surface area contributed by atoms with Gasteiger partial charge in [-0.05, 0) is 38.0 Å². The molecule has 1 fully saturated rings. The highest BCUT2D eigenvalue weighted by atomic mass is 32.2. The molecule has 6 nitrogen and oxygen atoms in total. The number of aromatic nitrogens is 1. The summed E-state index contributed by atoms with van der Waals surface area (Å²) in [7, 11) is 1.94. The highest BCUT2D eigenvalue weighted by Crippen LogP contribution is 2.35. The van der Waals surface area contributed by atoms with Crippen LogP contribution in [-0.4, -0.2) is 47.4 Å². The first-order chi connectivity index (χ1) is 14.4. The lowest BCUT2D eigenvalue weighted by molar-refractivity contribution is -0.116. The van der Waals surface area contributed by atoms with E-state index in [0.717, 1.165) is 24.7 Å². The molecule has 1 unspecified atom stereocenters. The van der Waals surface area contributed by atoms with Crippen LogP contribution in [0.3, 0.4) is 0 Å². The first kappa shape index (κ1) is 21.0. The number of amides is 1. The van der Waals surface area contributed by atoms with Crippen molar-refractivity contribution in [1.82, 2.24) is 24.8 Å². The number of hydrogen-bond acceptors (Lipinski definition) is 7. The summed E-state index contributed by atoms with van der Waals surface area (Å²) in [4.78, 5) is 21.0. The number of carbonyl (C=O) groups is 1. The molecule has 1 amide bonds. The molecule has 2 aromatic rings. The zero-order valence-electron chi connectivity index (χ0n) is 16.1. The van der Waals surface area contributed by atoms with E-state index >= 15 is 0 Å². The Morgan fingerprint density at radius 1 is 1.30 bits per heavy atom. The number of halogens is 3. The summed E-state index contributed by atoms with van der Waals surface area (Å²) < 4.78 is 44.5. The van der Waals surface area contributed by atoms with E-state index in [1.165, 1.54) is 23.3 Å². The van der Waals surface area contributed by atoms with Crippen LogP contribution in [0.1, 0.15) is 23.8 Å². The van der Waals surface area contributed by atoms with Crippen molar-refractivity contribution in [3.8, 4) is 0 Å². The van der Waals surface area contributed by atoms with Gasteiger partial charge in [-0.3, -0.25) is 9.52 Å². The fourth-order valence-electron chi connectivity index (χ4n) is 3.60. The maximum atomic E-state index is 14.5. The SMILES string of the molecule is CN1CCCN2C(=C(C(=O)NSCc3cscn3)NC2c2cc(F)c(F)cc2F)C1. The number of rotatable bonds is 5. The molecule has 2 aliphatic heterocycles. The molecule has 0 aliphatic carbocycles. The maximum Gasteiger partial charge on any atom is 0.279 e. The number of thiazole rings is 1. The molecule has 1 saturated heterocycles. The summed E-state index contributed by atoms with van der Waals surface area (Å²) >= 11 is 2.69. The smallest absolute Gasteiger partial charge is 0.279 e. The van der Waals surface area contributed by atoms with Gasteiger partial charge in [0.1, 0.15) is 17.7 Å². The zero-order chi connectivity index (χ0) is 21.3. The first-order valence-electron chi connectivity index (χ1n) is 9.32. The fraction of sp³-hybridized carbons (Fsp3) is 0.368. The van der Waals surface area contributed by atoms with Crippen LogP contribution >= 0.6 is 23.3 Å². The van der Waals surface area contributed by atoms with E-state index in [2.05, 4.69) is 19.9 Å². The lowest BCUT2D eigenvalue weighted by Gasteiger charge is -2.28. The van der Waals surface area contributed by atoms with E-state index in [1.54, 1.807) is 5.51 Å². The summed E-state index contributed by atoms with van der Waals surface area (Å²) in [6, 6.07) is 1.39. The van der Waals surface area contributed by atoms with Gasteiger partial charge in [-0.1, -0.05) is 0 Å². The van der Waals surface area contributed by atoms with Gasteiger partial charge in [0.05, 0.1) is 22.7 Å². The molecule has 2 N–H and O–H groups in total. The third kappa shape index (κ3) is 4.28. The molecule has 1 aromatic carbocycles. The van der Waals surface area contributed by atoms with Crippen molar-refractivity contribution >= 4 is 29.2 Å². The number of hydrogen-bond donors (Lipinski definition) is 2. The third-order valence-corrected chi connectivity index (χ3v) is 6.42. The second-order valence-corrected chi connectivity index (χ2v) is 8.64. The van der Waals surface area contributed by atoms with Crippen LogP contribution in [-0.2, 0) is 10.5 Å². The minimum Gasteiger partial charge on any atom is -0.355 e. The molecule has 160 valence electrons. The molecule has 3 heterocycles. The number of benzene rings is 1. The first-order valence-corrected chi connectivity index (χ1v) is 11.3. The van der Waals surface area contributed by atoms with Crippen LogP contribution in [0, 0.1) is 17.5 Å². The Bertz CT molecular complexity index is 969. The molecule has 0 bridgehead atoms. The molecule has 1 atom stereocenters. The molecular weight excluding hydrogens is 435 g/mol. The van der Waals surface area contributed by atoms with Crippen molar-refractivity contribution < 1.29 is 18.0 Å². The van der Waals surface area contributed by atoms with Gasteiger partial charge in [-0.25, -0.2) is 18.2 Å².